The number of para-hydroxylation sites is 1. The first kappa shape index (κ1) is 20.2. The van der Waals surface area contributed by atoms with Crippen molar-refractivity contribution in [3.63, 3.8) is 0 Å². The molecular weight excluding hydrogens is 428 g/mol. The molecule has 3 N–H and O–H groups in total. The van der Waals surface area contributed by atoms with Gasteiger partial charge in [0.2, 0.25) is 11.1 Å². The third-order valence-corrected chi connectivity index (χ3v) is 4.79. The number of rotatable bonds is 7. The van der Waals surface area contributed by atoms with Gasteiger partial charge in [0.05, 0.1) is 5.75 Å². The maximum absolute atomic E-state index is 13.6. The van der Waals surface area contributed by atoms with E-state index < -0.39 is 5.82 Å². The number of amides is 1. The summed E-state index contributed by atoms with van der Waals surface area (Å²) >= 11 is 12.9. The second kappa shape index (κ2) is 9.13. The van der Waals surface area contributed by atoms with Crippen LogP contribution < -0.4 is 15.9 Å². The smallest absolute Gasteiger partial charge is 0.234 e. The number of nitrogens with one attached hydrogen (secondary N) is 1. The van der Waals surface area contributed by atoms with Crippen LogP contribution in [0.25, 0.3) is 0 Å². The second-order valence-corrected chi connectivity index (χ2v) is 7.30. The Bertz CT molecular complexity index is 981. The zero-order chi connectivity index (χ0) is 20.1. The number of halogens is 3. The fourth-order valence-corrected chi connectivity index (χ4v) is 3.36. The molecule has 1 amide bonds. The molecule has 0 fully saturated rings. The largest absolute Gasteiger partial charge is 0.482 e. The number of thioether (sulfide) groups is 1. The minimum Gasteiger partial charge on any atom is -0.482 e. The first-order valence-corrected chi connectivity index (χ1v) is 9.62. The predicted molar refractivity (Wildman–Crippen MR) is 107 cm³/mol. The van der Waals surface area contributed by atoms with Gasteiger partial charge >= 0.3 is 0 Å². The third kappa shape index (κ3) is 5.28. The van der Waals surface area contributed by atoms with Crippen molar-refractivity contribution in [2.24, 2.45) is 0 Å². The van der Waals surface area contributed by atoms with Crippen LogP contribution in [0.5, 0.6) is 5.75 Å². The lowest BCUT2D eigenvalue weighted by Gasteiger charge is -2.07. The van der Waals surface area contributed by atoms with E-state index in [-0.39, 0.29) is 29.8 Å². The lowest BCUT2D eigenvalue weighted by atomic mass is 10.3. The van der Waals surface area contributed by atoms with E-state index in [0.717, 1.165) is 11.8 Å². The number of anilines is 1. The molecule has 0 saturated heterocycles. The van der Waals surface area contributed by atoms with Crippen molar-refractivity contribution in [3.8, 4) is 5.75 Å². The fraction of sp³-hybridized carbons (Fsp3) is 0.118. The summed E-state index contributed by atoms with van der Waals surface area (Å²) in [7, 11) is 0. The highest BCUT2D eigenvalue weighted by Gasteiger charge is 2.14. The summed E-state index contributed by atoms with van der Waals surface area (Å²) in [5.74, 6) is 5.53. The number of nitrogens with two attached hydrogens (primary N) is 1. The Kier molecular flexibility index (Phi) is 6.61. The molecule has 7 nitrogen and oxygen atoms in total. The standard InChI is InChI=1S/C17H14Cl2FN5O2S/c18-10-5-11(19)7-12(6-10)22-16(26)9-28-17-24-23-15(25(17)21)8-27-14-4-2-1-3-13(14)20/h1-7H,8-9,21H2,(H,22,26). The molecule has 3 rings (SSSR count). The molecule has 0 bridgehead atoms. The Balaban J connectivity index is 1.55. The Hall–Kier alpha value is -2.49. The van der Waals surface area contributed by atoms with Crippen LogP contribution >= 0.6 is 35.0 Å². The van der Waals surface area contributed by atoms with E-state index in [4.69, 9.17) is 33.8 Å². The second-order valence-electron chi connectivity index (χ2n) is 5.48. The number of carbonyl (C=O) groups is 1. The molecule has 0 radical (unpaired) electrons. The molecule has 0 spiro atoms. The number of ether oxygens (including phenoxy) is 1. The highest BCUT2D eigenvalue weighted by Crippen LogP contribution is 2.23. The predicted octanol–water partition coefficient (Wildman–Crippen LogP) is 3.75. The van der Waals surface area contributed by atoms with Gasteiger partial charge in [0.1, 0.15) is 6.61 Å². The summed E-state index contributed by atoms with van der Waals surface area (Å²) in [6.07, 6.45) is 0. The molecule has 146 valence electrons. The SMILES string of the molecule is Nn1c(COc2ccccc2F)nnc1SCC(=O)Nc1cc(Cl)cc(Cl)c1. The van der Waals surface area contributed by atoms with E-state index >= 15 is 0 Å². The molecule has 1 aromatic heterocycles. The van der Waals surface area contributed by atoms with Gasteiger partial charge in [0, 0.05) is 15.7 Å². The molecule has 0 aliphatic heterocycles. The van der Waals surface area contributed by atoms with Gasteiger partial charge in [-0.3, -0.25) is 4.79 Å². The Labute approximate surface area is 173 Å². The fourth-order valence-electron chi connectivity index (χ4n) is 2.16. The molecule has 28 heavy (non-hydrogen) atoms. The quantitative estimate of drug-likeness (QED) is 0.428. The van der Waals surface area contributed by atoms with E-state index in [0.29, 0.717) is 20.9 Å². The van der Waals surface area contributed by atoms with E-state index in [2.05, 4.69) is 15.5 Å². The van der Waals surface area contributed by atoms with Crippen LogP contribution in [0.2, 0.25) is 10.0 Å². The molecule has 0 atom stereocenters. The van der Waals surface area contributed by atoms with Crippen molar-refractivity contribution in [3.05, 3.63) is 64.2 Å². The van der Waals surface area contributed by atoms with Crippen molar-refractivity contribution in [1.29, 1.82) is 0 Å². The summed E-state index contributed by atoms with van der Waals surface area (Å²) in [5, 5.41) is 11.6. The van der Waals surface area contributed by atoms with Gasteiger partial charge in [0.25, 0.3) is 0 Å². The summed E-state index contributed by atoms with van der Waals surface area (Å²) in [6.45, 7) is -0.0712. The first-order chi connectivity index (χ1) is 13.4. The normalized spacial score (nSPS) is 10.7. The summed E-state index contributed by atoms with van der Waals surface area (Å²) in [5.41, 5.74) is 0.483. The molecule has 1 heterocycles. The van der Waals surface area contributed by atoms with Crippen LogP contribution in [0.3, 0.4) is 0 Å². The number of hydrogen-bond acceptors (Lipinski definition) is 6. The average molecular weight is 442 g/mol. The topological polar surface area (TPSA) is 95.1 Å². The number of carbonyl (C=O) groups excluding carboxylic acids is 1. The molecular formula is C17H14Cl2FN5O2S. The van der Waals surface area contributed by atoms with Crippen LogP contribution in [-0.4, -0.2) is 26.5 Å². The monoisotopic (exact) mass is 441 g/mol. The summed E-state index contributed by atoms with van der Waals surface area (Å²) in [4.78, 5) is 12.1. The molecule has 0 saturated carbocycles. The maximum atomic E-state index is 13.6. The highest BCUT2D eigenvalue weighted by molar-refractivity contribution is 7.99. The highest BCUT2D eigenvalue weighted by atomic mass is 35.5. The van der Waals surface area contributed by atoms with Crippen LogP contribution in [0.1, 0.15) is 5.82 Å². The van der Waals surface area contributed by atoms with Gasteiger partial charge in [-0.05, 0) is 30.3 Å². The Morgan fingerprint density at radius 3 is 2.64 bits per heavy atom. The summed E-state index contributed by atoms with van der Waals surface area (Å²) in [6, 6.07) is 10.7. The van der Waals surface area contributed by atoms with Gasteiger partial charge in [0.15, 0.2) is 17.4 Å². The third-order valence-electron chi connectivity index (χ3n) is 3.41. The molecule has 11 heteroatoms. The maximum Gasteiger partial charge on any atom is 0.234 e. The van der Waals surface area contributed by atoms with E-state index in [9.17, 15) is 9.18 Å². The molecule has 0 aliphatic rings. The number of benzene rings is 2. The Morgan fingerprint density at radius 2 is 1.93 bits per heavy atom. The van der Waals surface area contributed by atoms with Crippen molar-refractivity contribution in [2.75, 3.05) is 16.9 Å². The van der Waals surface area contributed by atoms with Gasteiger partial charge in [-0.15, -0.1) is 10.2 Å². The molecule has 2 aromatic carbocycles. The number of aromatic nitrogens is 3. The zero-order valence-electron chi connectivity index (χ0n) is 14.2. The van der Waals surface area contributed by atoms with Gasteiger partial charge in [-0.1, -0.05) is 47.1 Å². The first-order valence-electron chi connectivity index (χ1n) is 7.88. The lowest BCUT2D eigenvalue weighted by Crippen LogP contribution is -2.18. The van der Waals surface area contributed by atoms with Crippen LogP contribution in [-0.2, 0) is 11.4 Å². The molecule has 3 aromatic rings. The number of nitrogen functional groups attached to an aromatic ring is 1. The minimum atomic E-state index is -0.488. The van der Waals surface area contributed by atoms with Gasteiger partial charge < -0.3 is 15.9 Å². The Morgan fingerprint density at radius 1 is 1.21 bits per heavy atom. The van der Waals surface area contributed by atoms with E-state index in [1.54, 1.807) is 30.3 Å². The van der Waals surface area contributed by atoms with Gasteiger partial charge in [-0.25, -0.2) is 9.07 Å². The average Bonchev–Trinajstić information content (AvgIpc) is 2.98. The van der Waals surface area contributed by atoms with Crippen LogP contribution in [0, 0.1) is 5.82 Å². The zero-order valence-corrected chi connectivity index (χ0v) is 16.6. The van der Waals surface area contributed by atoms with E-state index in [1.807, 2.05) is 0 Å². The summed E-state index contributed by atoms with van der Waals surface area (Å²) < 4.78 is 20.1. The molecule has 0 unspecified atom stereocenters. The lowest BCUT2D eigenvalue weighted by molar-refractivity contribution is -0.113. The number of nitrogens with zero attached hydrogens (tertiary/aromatic N) is 3. The van der Waals surface area contributed by atoms with Crippen molar-refractivity contribution in [1.82, 2.24) is 14.9 Å². The number of hydrogen-bond donors (Lipinski definition) is 2. The molecule has 0 aliphatic carbocycles. The van der Waals surface area contributed by atoms with E-state index in [1.165, 1.54) is 16.8 Å². The van der Waals surface area contributed by atoms with Crippen molar-refractivity contribution >= 4 is 46.6 Å². The van der Waals surface area contributed by atoms with Crippen LogP contribution in [0.4, 0.5) is 10.1 Å². The van der Waals surface area contributed by atoms with Crippen molar-refractivity contribution < 1.29 is 13.9 Å². The van der Waals surface area contributed by atoms with Gasteiger partial charge in [-0.2, -0.15) is 0 Å². The van der Waals surface area contributed by atoms with Crippen molar-refractivity contribution in [2.45, 2.75) is 11.8 Å². The minimum absolute atomic E-state index is 0.0354. The van der Waals surface area contributed by atoms with Crippen LogP contribution in [0.15, 0.2) is 47.6 Å².